The fourth-order valence-electron chi connectivity index (χ4n) is 4.66. The maximum Gasteiger partial charge on any atom is 0.319 e. The Labute approximate surface area is 206 Å². The molecule has 0 aromatic heterocycles. The van der Waals surface area contributed by atoms with Gasteiger partial charge in [-0.2, -0.15) is 0 Å². The van der Waals surface area contributed by atoms with Gasteiger partial charge >= 0.3 is 6.03 Å². The van der Waals surface area contributed by atoms with Crippen LogP contribution in [0.3, 0.4) is 0 Å². The number of carbonyl (C=O) groups excluding carboxylic acids is 1. The van der Waals surface area contributed by atoms with E-state index in [0.29, 0.717) is 0 Å². The molecule has 3 heterocycles. The minimum atomic E-state index is -0.193. The second kappa shape index (κ2) is 11.2. The molecule has 0 aromatic carbocycles. The first-order valence-electron chi connectivity index (χ1n) is 12.5. The summed E-state index contributed by atoms with van der Waals surface area (Å²) >= 11 is 0. The molecule has 182 valence electrons. The maximum atomic E-state index is 12.5. The van der Waals surface area contributed by atoms with E-state index >= 15 is 0 Å². The Kier molecular flexibility index (Phi) is 7.38. The third kappa shape index (κ3) is 6.08. The highest BCUT2D eigenvalue weighted by Gasteiger charge is 2.23. The molecule has 5 aliphatic rings. The van der Waals surface area contributed by atoms with E-state index in [2.05, 4.69) is 55.5 Å². The third-order valence-corrected chi connectivity index (χ3v) is 6.54. The van der Waals surface area contributed by atoms with E-state index in [1.54, 1.807) is 0 Å². The van der Waals surface area contributed by atoms with Gasteiger partial charge in [0.1, 0.15) is 0 Å². The highest BCUT2D eigenvalue weighted by molar-refractivity contribution is 5.88. The van der Waals surface area contributed by atoms with Gasteiger partial charge < -0.3 is 26.2 Å². The number of guanidine groups is 1. The fourth-order valence-corrected chi connectivity index (χ4v) is 4.66. The molecule has 2 atom stereocenters. The van der Waals surface area contributed by atoms with Crippen molar-refractivity contribution < 1.29 is 4.79 Å². The van der Waals surface area contributed by atoms with Crippen LogP contribution in [-0.2, 0) is 0 Å². The topological polar surface area (TPSA) is 93.2 Å². The number of hydrogen-bond donors (Lipinski definition) is 4. The van der Waals surface area contributed by atoms with Gasteiger partial charge in [-0.3, -0.25) is 4.99 Å². The predicted octanol–water partition coefficient (Wildman–Crippen LogP) is 2.81. The van der Waals surface area contributed by atoms with E-state index in [-0.39, 0.29) is 18.1 Å². The summed E-state index contributed by atoms with van der Waals surface area (Å²) in [6.07, 6.45) is 25.7. The molecular weight excluding hydrogens is 438 g/mol. The van der Waals surface area contributed by atoms with Crippen LogP contribution in [-0.4, -0.2) is 61.4 Å². The first kappa shape index (κ1) is 23.1. The first-order valence-corrected chi connectivity index (χ1v) is 12.5. The van der Waals surface area contributed by atoms with Crippen molar-refractivity contribution in [3.63, 3.8) is 0 Å². The number of urea groups is 1. The van der Waals surface area contributed by atoms with Crippen molar-refractivity contribution in [2.45, 2.75) is 37.8 Å². The second-order valence-corrected chi connectivity index (χ2v) is 9.08. The number of hydrogen-bond acceptors (Lipinski definition) is 6. The third-order valence-electron chi connectivity index (χ3n) is 6.54. The lowest BCUT2D eigenvalue weighted by Crippen LogP contribution is -2.48. The molecule has 0 bridgehead atoms. The van der Waals surface area contributed by atoms with Gasteiger partial charge in [-0.1, -0.05) is 42.5 Å². The number of nitrogens with zero attached hydrogens (tertiary/aromatic N) is 3. The van der Waals surface area contributed by atoms with Gasteiger partial charge in [0, 0.05) is 37.7 Å². The summed E-state index contributed by atoms with van der Waals surface area (Å²) in [5, 5.41) is 13.0. The summed E-state index contributed by atoms with van der Waals surface area (Å²) in [6.45, 7) is 3.97. The quantitative estimate of drug-likeness (QED) is 0.509. The number of aliphatic imine (C=N–C) groups is 2. The molecule has 1 saturated heterocycles. The largest absolute Gasteiger partial charge is 0.346 e. The van der Waals surface area contributed by atoms with E-state index in [1.807, 2.05) is 42.8 Å². The zero-order valence-corrected chi connectivity index (χ0v) is 19.9. The number of allylic oxidation sites excluding steroid dienone is 7. The van der Waals surface area contributed by atoms with Crippen LogP contribution in [0.5, 0.6) is 0 Å². The van der Waals surface area contributed by atoms with Crippen molar-refractivity contribution in [1.29, 1.82) is 0 Å². The zero-order chi connectivity index (χ0) is 23.9. The first-order chi connectivity index (χ1) is 17.2. The van der Waals surface area contributed by atoms with E-state index in [9.17, 15) is 4.79 Å². The summed E-state index contributed by atoms with van der Waals surface area (Å²) in [5.41, 5.74) is 4.06. The molecule has 0 radical (unpaired) electrons. The summed E-state index contributed by atoms with van der Waals surface area (Å²) in [4.78, 5) is 24.2. The van der Waals surface area contributed by atoms with Crippen LogP contribution in [0.1, 0.15) is 25.7 Å². The van der Waals surface area contributed by atoms with Crippen LogP contribution in [0, 0.1) is 0 Å². The van der Waals surface area contributed by atoms with Crippen LogP contribution >= 0.6 is 0 Å². The molecule has 4 N–H and O–H groups in total. The SMILES string of the molecule is O=C(NC1=CCC=CC=C1)NC1C=C2CC=C(C3C=CN=C(N4CCCNCC4)N3)C=NC2=CC1. The minimum absolute atomic E-state index is 0.0407. The van der Waals surface area contributed by atoms with Crippen LogP contribution < -0.4 is 21.3 Å². The van der Waals surface area contributed by atoms with Crippen LogP contribution in [0.4, 0.5) is 4.79 Å². The molecule has 0 aromatic rings. The van der Waals surface area contributed by atoms with Gasteiger partial charge in [0.25, 0.3) is 0 Å². The molecule has 8 heteroatoms. The summed E-state index contributed by atoms with van der Waals surface area (Å²) in [5.74, 6) is 0.931. The number of amides is 2. The molecule has 2 aliphatic carbocycles. The lowest BCUT2D eigenvalue weighted by atomic mass is 9.96. The number of nitrogens with one attached hydrogen (secondary N) is 4. The lowest BCUT2D eigenvalue weighted by Gasteiger charge is -2.29. The van der Waals surface area contributed by atoms with E-state index in [0.717, 1.165) is 80.4 Å². The van der Waals surface area contributed by atoms with Crippen LogP contribution in [0.2, 0.25) is 0 Å². The molecule has 2 unspecified atom stereocenters. The Hall–Kier alpha value is -3.65. The van der Waals surface area contributed by atoms with E-state index < -0.39 is 0 Å². The minimum Gasteiger partial charge on any atom is -0.346 e. The van der Waals surface area contributed by atoms with Crippen molar-refractivity contribution in [2.75, 3.05) is 26.2 Å². The van der Waals surface area contributed by atoms with Gasteiger partial charge in [0.05, 0.1) is 17.8 Å². The highest BCUT2D eigenvalue weighted by atomic mass is 16.2. The molecule has 1 fully saturated rings. The average molecular weight is 472 g/mol. The molecule has 2 amide bonds. The van der Waals surface area contributed by atoms with Crippen molar-refractivity contribution in [3.8, 4) is 0 Å². The van der Waals surface area contributed by atoms with Crippen molar-refractivity contribution >= 4 is 18.2 Å². The highest BCUT2D eigenvalue weighted by Crippen LogP contribution is 2.27. The fraction of sp³-hybridized carbons (Fsp3) is 0.370. The Morgan fingerprint density at radius 1 is 1.14 bits per heavy atom. The Morgan fingerprint density at radius 3 is 3.09 bits per heavy atom. The normalized spacial score (nSPS) is 25.9. The molecular formula is C27H33N7O. The van der Waals surface area contributed by atoms with Gasteiger partial charge in [-0.15, -0.1) is 0 Å². The number of carbonyl (C=O) groups is 1. The molecule has 0 spiro atoms. The summed E-state index contributed by atoms with van der Waals surface area (Å²) < 4.78 is 0. The Morgan fingerprint density at radius 2 is 2.11 bits per heavy atom. The molecule has 8 nitrogen and oxygen atoms in total. The van der Waals surface area contributed by atoms with Crippen LogP contribution in [0.15, 0.2) is 93.4 Å². The van der Waals surface area contributed by atoms with E-state index in [4.69, 9.17) is 4.99 Å². The predicted molar refractivity (Wildman–Crippen MR) is 141 cm³/mol. The Bertz CT molecular complexity index is 1090. The number of rotatable bonds is 3. The van der Waals surface area contributed by atoms with Gasteiger partial charge in [0.2, 0.25) is 0 Å². The standard InChI is InChI=1S/C27H33N7O/c35-27(31-22-6-3-1-2-4-7-22)32-23-10-11-24-20(18-23)8-9-21(19-30-24)25-12-14-29-26(33-25)34-16-5-13-28-15-17-34/h1-3,6-7,9,11-12,14,18-19,23,25,28H,4-5,8,10,13,15-17H2,(H,29,33)(H2,31,32,35). The van der Waals surface area contributed by atoms with Crippen molar-refractivity contribution in [2.24, 2.45) is 9.98 Å². The second-order valence-electron chi connectivity index (χ2n) is 9.08. The average Bonchev–Trinajstić information content (AvgIpc) is 3.38. The molecule has 0 saturated carbocycles. The van der Waals surface area contributed by atoms with Gasteiger partial charge in [0.15, 0.2) is 5.96 Å². The smallest absolute Gasteiger partial charge is 0.319 e. The Balaban J connectivity index is 1.20. The lowest BCUT2D eigenvalue weighted by molar-refractivity contribution is 0.241. The molecule has 35 heavy (non-hydrogen) atoms. The van der Waals surface area contributed by atoms with Gasteiger partial charge in [-0.25, -0.2) is 9.79 Å². The zero-order valence-electron chi connectivity index (χ0n) is 19.9. The molecule has 5 rings (SSSR count). The summed E-state index contributed by atoms with van der Waals surface area (Å²) in [7, 11) is 0. The summed E-state index contributed by atoms with van der Waals surface area (Å²) in [6, 6.07) is -0.212. The number of fused-ring (bicyclic) bond motifs is 1. The van der Waals surface area contributed by atoms with Crippen molar-refractivity contribution in [1.82, 2.24) is 26.2 Å². The van der Waals surface area contributed by atoms with Crippen molar-refractivity contribution in [3.05, 3.63) is 83.4 Å². The maximum absolute atomic E-state index is 12.5. The van der Waals surface area contributed by atoms with E-state index in [1.165, 1.54) is 0 Å². The van der Waals surface area contributed by atoms with Gasteiger partial charge in [-0.05, 0) is 55.5 Å². The monoisotopic (exact) mass is 471 g/mol. The van der Waals surface area contributed by atoms with Crippen LogP contribution in [0.25, 0.3) is 0 Å². The molecule has 3 aliphatic heterocycles.